The van der Waals surface area contributed by atoms with E-state index in [2.05, 4.69) is 0 Å². The summed E-state index contributed by atoms with van der Waals surface area (Å²) in [6.07, 6.45) is -0.379. The first kappa shape index (κ1) is 18.3. The summed E-state index contributed by atoms with van der Waals surface area (Å²) in [5.74, 6) is 0. The summed E-state index contributed by atoms with van der Waals surface area (Å²) in [7, 11) is -4.34. The first-order valence-corrected chi connectivity index (χ1v) is 9.09. The molecule has 1 fully saturated rings. The van der Waals surface area contributed by atoms with Gasteiger partial charge in [-0.15, -0.1) is 0 Å². The van der Waals surface area contributed by atoms with Crippen molar-refractivity contribution in [3.63, 3.8) is 0 Å². The topological polar surface area (TPSA) is 90.3 Å². The molecule has 1 aliphatic heterocycles. The maximum absolute atomic E-state index is 11.5. The lowest BCUT2D eigenvalue weighted by Gasteiger charge is -2.30. The highest BCUT2D eigenvalue weighted by Crippen LogP contribution is 2.07. The fourth-order valence-electron chi connectivity index (χ4n) is 2.57. The van der Waals surface area contributed by atoms with Crippen molar-refractivity contribution in [3.05, 3.63) is 35.9 Å². The van der Waals surface area contributed by atoms with E-state index in [9.17, 15) is 18.1 Å². The number of morpholine rings is 1. The SMILES string of the molecule is O=S(=O)(O)N(CCc1ccccc1)CC(O)CN1CCOCC1. The minimum atomic E-state index is -4.34. The van der Waals surface area contributed by atoms with Crippen LogP contribution in [0.15, 0.2) is 30.3 Å². The molecule has 23 heavy (non-hydrogen) atoms. The third-order valence-corrected chi connectivity index (χ3v) is 4.79. The molecule has 1 saturated heterocycles. The second-order valence-corrected chi connectivity index (χ2v) is 7.05. The standard InChI is InChI=1S/C15H24N2O5S/c18-15(12-16-8-10-22-11-9-16)13-17(23(19,20)21)7-6-14-4-2-1-3-5-14/h1-5,15,18H,6-13H2,(H,19,20,21). The molecule has 0 amide bonds. The smallest absolute Gasteiger partial charge is 0.336 e. The van der Waals surface area contributed by atoms with Crippen molar-refractivity contribution in [1.82, 2.24) is 9.21 Å². The van der Waals surface area contributed by atoms with Crippen LogP contribution in [0.3, 0.4) is 0 Å². The Bertz CT molecular complexity index is 560. The summed E-state index contributed by atoms with van der Waals surface area (Å²) in [5.41, 5.74) is 0.976. The highest BCUT2D eigenvalue weighted by Gasteiger charge is 2.24. The second-order valence-electron chi connectivity index (χ2n) is 5.64. The number of hydrogen-bond donors (Lipinski definition) is 2. The Morgan fingerprint density at radius 2 is 1.87 bits per heavy atom. The Balaban J connectivity index is 1.87. The highest BCUT2D eigenvalue weighted by molar-refractivity contribution is 7.83. The van der Waals surface area contributed by atoms with Crippen LogP contribution in [0, 0.1) is 0 Å². The number of aliphatic hydroxyl groups is 1. The normalized spacial score (nSPS) is 18.2. The van der Waals surface area contributed by atoms with E-state index in [0.717, 1.165) is 9.87 Å². The minimum Gasteiger partial charge on any atom is -0.390 e. The Kier molecular flexibility index (Phi) is 6.94. The molecule has 0 aromatic heterocycles. The van der Waals surface area contributed by atoms with Crippen molar-refractivity contribution in [1.29, 1.82) is 0 Å². The number of β-amino-alcohol motifs (C(OH)–C–C–N with tert-alkyl or cyclic N) is 1. The Hall–Kier alpha value is -1.03. The van der Waals surface area contributed by atoms with Gasteiger partial charge in [0.15, 0.2) is 0 Å². The van der Waals surface area contributed by atoms with Gasteiger partial charge in [0.05, 0.1) is 19.3 Å². The van der Waals surface area contributed by atoms with Gasteiger partial charge in [-0.05, 0) is 12.0 Å². The van der Waals surface area contributed by atoms with Gasteiger partial charge in [0, 0.05) is 32.7 Å². The van der Waals surface area contributed by atoms with Crippen LogP contribution in [0.1, 0.15) is 5.56 Å². The lowest BCUT2D eigenvalue weighted by atomic mass is 10.1. The maximum Gasteiger partial charge on any atom is 0.336 e. The average Bonchev–Trinajstić information content (AvgIpc) is 2.52. The zero-order valence-corrected chi connectivity index (χ0v) is 13.9. The molecule has 1 aromatic carbocycles. The molecule has 2 rings (SSSR count). The van der Waals surface area contributed by atoms with Crippen LogP contribution in [-0.4, -0.2) is 79.3 Å². The van der Waals surface area contributed by atoms with Crippen LogP contribution in [0.2, 0.25) is 0 Å². The third-order valence-electron chi connectivity index (χ3n) is 3.81. The van der Waals surface area contributed by atoms with Crippen molar-refractivity contribution in [2.75, 3.05) is 45.9 Å². The number of nitrogens with zero attached hydrogens (tertiary/aromatic N) is 2. The minimum absolute atomic E-state index is 0.122. The van der Waals surface area contributed by atoms with Crippen LogP contribution < -0.4 is 0 Å². The first-order valence-electron chi connectivity index (χ1n) is 7.70. The first-order chi connectivity index (χ1) is 10.9. The van der Waals surface area contributed by atoms with E-state index in [1.54, 1.807) is 0 Å². The molecule has 0 aliphatic carbocycles. The van der Waals surface area contributed by atoms with Gasteiger partial charge in [-0.2, -0.15) is 12.7 Å². The van der Waals surface area contributed by atoms with Gasteiger partial charge in [0.1, 0.15) is 0 Å². The second kappa shape index (κ2) is 8.72. The molecular formula is C15H24N2O5S. The molecule has 1 atom stereocenters. The fourth-order valence-corrected chi connectivity index (χ4v) is 3.26. The monoisotopic (exact) mass is 344 g/mol. The van der Waals surface area contributed by atoms with Crippen molar-refractivity contribution in [3.8, 4) is 0 Å². The average molecular weight is 344 g/mol. The summed E-state index contributed by atoms with van der Waals surface area (Å²) in [4.78, 5) is 2.02. The van der Waals surface area contributed by atoms with Crippen LogP contribution in [-0.2, 0) is 21.5 Å². The lowest BCUT2D eigenvalue weighted by Crippen LogP contribution is -2.46. The number of benzene rings is 1. The summed E-state index contributed by atoms with van der Waals surface area (Å²) < 4.78 is 38.6. The van der Waals surface area contributed by atoms with E-state index in [1.807, 2.05) is 35.2 Å². The van der Waals surface area contributed by atoms with Gasteiger partial charge in [-0.1, -0.05) is 30.3 Å². The predicted octanol–water partition coefficient (Wildman–Crippen LogP) is 0.0270. The van der Waals surface area contributed by atoms with Crippen molar-refractivity contribution < 1.29 is 22.8 Å². The Morgan fingerprint density at radius 3 is 2.48 bits per heavy atom. The van der Waals surface area contributed by atoms with Crippen molar-refractivity contribution in [2.24, 2.45) is 0 Å². The van der Waals surface area contributed by atoms with Gasteiger partial charge < -0.3 is 9.84 Å². The molecule has 130 valence electrons. The Morgan fingerprint density at radius 1 is 1.22 bits per heavy atom. The zero-order chi connectivity index (χ0) is 16.7. The summed E-state index contributed by atoms with van der Waals surface area (Å²) in [6, 6.07) is 9.43. The van der Waals surface area contributed by atoms with Crippen LogP contribution in [0.25, 0.3) is 0 Å². The number of rotatable bonds is 8. The number of hydrogen-bond acceptors (Lipinski definition) is 5. The van der Waals surface area contributed by atoms with Gasteiger partial charge >= 0.3 is 10.3 Å². The molecule has 8 heteroatoms. The van der Waals surface area contributed by atoms with Crippen molar-refractivity contribution in [2.45, 2.75) is 12.5 Å². The van der Waals surface area contributed by atoms with Crippen LogP contribution >= 0.6 is 0 Å². The molecule has 1 aliphatic rings. The zero-order valence-electron chi connectivity index (χ0n) is 13.0. The summed E-state index contributed by atoms with van der Waals surface area (Å²) in [6.45, 7) is 3.03. The van der Waals surface area contributed by atoms with Gasteiger partial charge in [0.25, 0.3) is 0 Å². The van der Waals surface area contributed by atoms with E-state index in [-0.39, 0.29) is 13.1 Å². The fraction of sp³-hybridized carbons (Fsp3) is 0.600. The predicted molar refractivity (Wildman–Crippen MR) is 86.5 cm³/mol. The largest absolute Gasteiger partial charge is 0.390 e. The van der Waals surface area contributed by atoms with Crippen LogP contribution in [0.4, 0.5) is 0 Å². The molecule has 0 radical (unpaired) electrons. The van der Waals surface area contributed by atoms with Crippen molar-refractivity contribution >= 4 is 10.3 Å². The number of aliphatic hydroxyl groups excluding tert-OH is 1. The molecular weight excluding hydrogens is 320 g/mol. The molecule has 0 saturated carbocycles. The molecule has 1 heterocycles. The molecule has 2 N–H and O–H groups in total. The van der Waals surface area contributed by atoms with E-state index in [4.69, 9.17) is 4.74 Å². The quantitative estimate of drug-likeness (QED) is 0.647. The third kappa shape index (κ3) is 6.54. The van der Waals surface area contributed by atoms with E-state index in [1.165, 1.54) is 0 Å². The Labute approximate surface area is 137 Å². The molecule has 1 unspecified atom stereocenters. The summed E-state index contributed by atoms with van der Waals surface area (Å²) >= 11 is 0. The molecule has 0 bridgehead atoms. The maximum atomic E-state index is 11.5. The molecule has 1 aromatic rings. The van der Waals surface area contributed by atoms with Gasteiger partial charge in [0.2, 0.25) is 0 Å². The molecule has 7 nitrogen and oxygen atoms in total. The number of ether oxygens (including phenoxy) is 1. The van der Waals surface area contributed by atoms with Gasteiger partial charge in [-0.3, -0.25) is 9.45 Å². The lowest BCUT2D eigenvalue weighted by molar-refractivity contribution is 0.0112. The van der Waals surface area contributed by atoms with E-state index in [0.29, 0.717) is 39.3 Å². The highest BCUT2D eigenvalue weighted by atomic mass is 32.2. The summed E-state index contributed by atoms with van der Waals surface area (Å²) in [5, 5.41) is 10.1. The van der Waals surface area contributed by atoms with E-state index < -0.39 is 16.4 Å². The molecule has 0 spiro atoms. The van der Waals surface area contributed by atoms with E-state index >= 15 is 0 Å². The van der Waals surface area contributed by atoms with Gasteiger partial charge in [-0.25, -0.2) is 0 Å². The van der Waals surface area contributed by atoms with Crippen LogP contribution in [0.5, 0.6) is 0 Å².